The Bertz CT molecular complexity index is 910. The number of ether oxygens (including phenoxy) is 1. The van der Waals surface area contributed by atoms with Crippen LogP contribution >= 0.6 is 0 Å². The second-order valence-corrected chi connectivity index (χ2v) is 7.25. The van der Waals surface area contributed by atoms with Crippen LogP contribution in [0.25, 0.3) is 11.1 Å². The molecule has 0 bridgehead atoms. The zero-order valence-corrected chi connectivity index (χ0v) is 16.8. The van der Waals surface area contributed by atoms with E-state index in [9.17, 15) is 14.9 Å². The Balaban J connectivity index is 1.73. The Morgan fingerprint density at radius 3 is 2.38 bits per heavy atom. The van der Waals surface area contributed by atoms with Crippen molar-refractivity contribution in [1.82, 2.24) is 4.90 Å². The Labute approximate surface area is 171 Å². The lowest BCUT2D eigenvalue weighted by atomic mass is 9.94. The van der Waals surface area contributed by atoms with Crippen molar-refractivity contribution in [3.63, 3.8) is 0 Å². The standard InChI is InChI=1S/C24H26N2O3/c1-2-26(19-11-4-3-5-12-19)23(27)17-29-24(28)22-15-9-8-14-21(22)20-13-7-6-10-18(20)16-25/h6-10,13-15,19H,2-5,11-12,17H2,1H3. The summed E-state index contributed by atoms with van der Waals surface area (Å²) in [4.78, 5) is 27.3. The van der Waals surface area contributed by atoms with Crippen molar-refractivity contribution in [3.05, 3.63) is 59.7 Å². The molecule has 0 heterocycles. The molecule has 5 heteroatoms. The van der Waals surface area contributed by atoms with Crippen LogP contribution in [0.15, 0.2) is 48.5 Å². The van der Waals surface area contributed by atoms with Gasteiger partial charge in [-0.25, -0.2) is 4.79 Å². The van der Waals surface area contributed by atoms with E-state index >= 15 is 0 Å². The number of rotatable bonds is 6. The van der Waals surface area contributed by atoms with Crippen molar-refractivity contribution in [3.8, 4) is 17.2 Å². The topological polar surface area (TPSA) is 70.4 Å². The fourth-order valence-electron chi connectivity index (χ4n) is 4.03. The third-order valence-corrected chi connectivity index (χ3v) is 5.49. The lowest BCUT2D eigenvalue weighted by Gasteiger charge is -2.33. The average molecular weight is 390 g/mol. The quantitative estimate of drug-likeness (QED) is 0.678. The second-order valence-electron chi connectivity index (χ2n) is 7.25. The highest BCUT2D eigenvalue weighted by Crippen LogP contribution is 2.27. The van der Waals surface area contributed by atoms with Gasteiger partial charge in [-0.3, -0.25) is 4.79 Å². The molecule has 1 aliphatic carbocycles. The van der Waals surface area contributed by atoms with Crippen LogP contribution in [-0.4, -0.2) is 36.0 Å². The van der Waals surface area contributed by atoms with Gasteiger partial charge in [0.2, 0.25) is 0 Å². The van der Waals surface area contributed by atoms with E-state index < -0.39 is 5.97 Å². The minimum absolute atomic E-state index is 0.150. The molecule has 2 aromatic carbocycles. The first kappa shape index (κ1) is 20.6. The number of likely N-dealkylation sites (N-methyl/N-ethyl adjacent to an activating group) is 1. The van der Waals surface area contributed by atoms with Crippen molar-refractivity contribution in [1.29, 1.82) is 5.26 Å². The monoisotopic (exact) mass is 390 g/mol. The molecule has 29 heavy (non-hydrogen) atoms. The number of carbonyl (C=O) groups is 2. The van der Waals surface area contributed by atoms with Gasteiger partial charge in [0.1, 0.15) is 0 Å². The summed E-state index contributed by atoms with van der Waals surface area (Å²) >= 11 is 0. The number of esters is 1. The molecule has 3 rings (SSSR count). The van der Waals surface area contributed by atoms with Crippen LogP contribution in [0.3, 0.4) is 0 Å². The molecule has 0 N–H and O–H groups in total. The Morgan fingerprint density at radius 2 is 1.69 bits per heavy atom. The lowest BCUT2D eigenvalue weighted by molar-refractivity contribution is -0.137. The fourth-order valence-corrected chi connectivity index (χ4v) is 4.03. The minimum Gasteiger partial charge on any atom is -0.452 e. The first-order valence-electron chi connectivity index (χ1n) is 10.2. The first-order chi connectivity index (χ1) is 14.2. The molecular weight excluding hydrogens is 364 g/mol. The zero-order chi connectivity index (χ0) is 20.6. The van der Waals surface area contributed by atoms with Gasteiger partial charge >= 0.3 is 5.97 Å². The van der Waals surface area contributed by atoms with Crippen LogP contribution in [0.4, 0.5) is 0 Å². The summed E-state index contributed by atoms with van der Waals surface area (Å²) in [5.41, 5.74) is 2.13. The Morgan fingerprint density at radius 1 is 1.03 bits per heavy atom. The van der Waals surface area contributed by atoms with Crippen LogP contribution in [-0.2, 0) is 9.53 Å². The number of nitrogens with zero attached hydrogens (tertiary/aromatic N) is 2. The van der Waals surface area contributed by atoms with Crippen molar-refractivity contribution in [2.24, 2.45) is 0 Å². The SMILES string of the molecule is CCN(C(=O)COC(=O)c1ccccc1-c1ccccc1C#N)C1CCCCC1. The number of hydrogen-bond donors (Lipinski definition) is 0. The molecular formula is C24H26N2O3. The van der Waals surface area contributed by atoms with E-state index in [1.54, 1.807) is 36.4 Å². The lowest BCUT2D eigenvalue weighted by Crippen LogP contribution is -2.43. The van der Waals surface area contributed by atoms with E-state index in [1.807, 2.05) is 24.0 Å². The third kappa shape index (κ3) is 4.83. The smallest absolute Gasteiger partial charge is 0.339 e. The maximum absolute atomic E-state index is 12.8. The number of nitriles is 1. The molecule has 0 radical (unpaired) electrons. The minimum atomic E-state index is -0.554. The van der Waals surface area contributed by atoms with E-state index in [0.717, 1.165) is 25.7 Å². The van der Waals surface area contributed by atoms with E-state index in [4.69, 9.17) is 4.74 Å². The molecule has 1 amide bonds. The summed E-state index contributed by atoms with van der Waals surface area (Å²) in [6, 6.07) is 16.5. The first-order valence-corrected chi connectivity index (χ1v) is 10.2. The van der Waals surface area contributed by atoms with Crippen LogP contribution in [0.2, 0.25) is 0 Å². The second kappa shape index (κ2) is 9.88. The number of amides is 1. The summed E-state index contributed by atoms with van der Waals surface area (Å²) in [5, 5.41) is 9.38. The molecule has 1 aliphatic rings. The molecule has 1 fully saturated rings. The van der Waals surface area contributed by atoms with Crippen molar-refractivity contribution >= 4 is 11.9 Å². The van der Waals surface area contributed by atoms with Gasteiger partial charge in [0.25, 0.3) is 5.91 Å². The number of carbonyl (C=O) groups excluding carboxylic acids is 2. The Kier molecular flexibility index (Phi) is 7.02. The summed E-state index contributed by atoms with van der Waals surface area (Å²) in [5.74, 6) is -0.705. The summed E-state index contributed by atoms with van der Waals surface area (Å²) in [6.07, 6.45) is 5.53. The van der Waals surface area contributed by atoms with Gasteiger partial charge in [-0.15, -0.1) is 0 Å². The summed E-state index contributed by atoms with van der Waals surface area (Å²) in [6.45, 7) is 2.31. The molecule has 0 saturated heterocycles. The number of hydrogen-bond acceptors (Lipinski definition) is 4. The van der Waals surface area contributed by atoms with Crippen LogP contribution in [0.1, 0.15) is 54.9 Å². The highest BCUT2D eigenvalue weighted by atomic mass is 16.5. The molecule has 0 aliphatic heterocycles. The van der Waals surface area contributed by atoms with Gasteiger partial charge < -0.3 is 9.64 Å². The van der Waals surface area contributed by atoms with Gasteiger partial charge in [-0.1, -0.05) is 55.7 Å². The van der Waals surface area contributed by atoms with E-state index in [2.05, 4.69) is 6.07 Å². The van der Waals surface area contributed by atoms with Gasteiger partial charge in [-0.2, -0.15) is 5.26 Å². The molecule has 1 saturated carbocycles. The van der Waals surface area contributed by atoms with Crippen molar-refractivity contribution < 1.29 is 14.3 Å². The van der Waals surface area contributed by atoms with Crippen LogP contribution in [0, 0.1) is 11.3 Å². The van der Waals surface area contributed by atoms with Crippen molar-refractivity contribution in [2.75, 3.05) is 13.2 Å². The highest BCUT2D eigenvalue weighted by molar-refractivity contribution is 5.99. The normalized spacial score (nSPS) is 14.1. The molecule has 0 atom stereocenters. The number of benzene rings is 2. The predicted octanol–water partition coefficient (Wildman–Crippen LogP) is 4.56. The largest absolute Gasteiger partial charge is 0.452 e. The van der Waals surface area contributed by atoms with E-state index in [0.29, 0.717) is 28.8 Å². The summed E-state index contributed by atoms with van der Waals surface area (Å²) < 4.78 is 5.39. The maximum Gasteiger partial charge on any atom is 0.339 e. The average Bonchev–Trinajstić information content (AvgIpc) is 2.78. The molecule has 0 aromatic heterocycles. The summed E-state index contributed by atoms with van der Waals surface area (Å²) in [7, 11) is 0. The molecule has 0 spiro atoms. The molecule has 150 valence electrons. The van der Waals surface area contributed by atoms with Gasteiger partial charge in [0, 0.05) is 18.2 Å². The van der Waals surface area contributed by atoms with Crippen LogP contribution in [0.5, 0.6) is 0 Å². The van der Waals surface area contributed by atoms with Crippen molar-refractivity contribution in [2.45, 2.75) is 45.1 Å². The maximum atomic E-state index is 12.8. The van der Waals surface area contributed by atoms with Gasteiger partial charge in [0.05, 0.1) is 17.2 Å². The predicted molar refractivity (Wildman–Crippen MR) is 111 cm³/mol. The fraction of sp³-hybridized carbons (Fsp3) is 0.375. The van der Waals surface area contributed by atoms with Crippen LogP contribution < -0.4 is 0 Å². The van der Waals surface area contributed by atoms with E-state index in [1.165, 1.54) is 6.42 Å². The highest BCUT2D eigenvalue weighted by Gasteiger charge is 2.25. The zero-order valence-electron chi connectivity index (χ0n) is 16.8. The molecule has 2 aromatic rings. The van der Waals surface area contributed by atoms with Gasteiger partial charge in [0.15, 0.2) is 6.61 Å². The third-order valence-electron chi connectivity index (χ3n) is 5.49. The molecule has 0 unspecified atom stereocenters. The van der Waals surface area contributed by atoms with Gasteiger partial charge in [-0.05, 0) is 37.5 Å². The Hall–Kier alpha value is -3.13. The molecule has 5 nitrogen and oxygen atoms in total. The van der Waals surface area contributed by atoms with E-state index in [-0.39, 0.29) is 18.6 Å².